The van der Waals surface area contributed by atoms with Gasteiger partial charge < -0.3 is 0 Å². The summed E-state index contributed by atoms with van der Waals surface area (Å²) in [5, 5.41) is 0. The molecule has 7 heterocycles. The molecule has 0 spiro atoms. The Morgan fingerprint density at radius 3 is 0.737 bits per heavy atom. The molecule has 6 bridgehead atoms. The minimum atomic E-state index is 0.643. The van der Waals surface area contributed by atoms with E-state index in [1.54, 1.807) is 0 Å². The Hall–Kier alpha value is -8.04. The Kier molecular flexibility index (Phi) is 8.62. The van der Waals surface area contributed by atoms with E-state index in [-0.39, 0.29) is 0 Å². The van der Waals surface area contributed by atoms with E-state index in [1.807, 2.05) is 128 Å². The smallest absolute Gasteiger partial charge is 0.141 e. The molecule has 1 aliphatic heterocycles. The molecule has 0 N–H and O–H groups in total. The molecule has 9 nitrogen and oxygen atoms in total. The summed E-state index contributed by atoms with van der Waals surface area (Å²) in [6.07, 6.45) is 5.43. The summed E-state index contributed by atoms with van der Waals surface area (Å²) in [7, 11) is 0. The van der Waals surface area contributed by atoms with E-state index in [9.17, 15) is 0 Å². The number of fused-ring (bicyclic) bond motifs is 6. The number of nitrogens with zero attached hydrogens (tertiary/aromatic N) is 9. The summed E-state index contributed by atoms with van der Waals surface area (Å²) < 4.78 is 0. The summed E-state index contributed by atoms with van der Waals surface area (Å²) in [5.74, 6) is 3.86. The summed E-state index contributed by atoms with van der Waals surface area (Å²) >= 11 is 0. The predicted molar refractivity (Wildman–Crippen MR) is 227 cm³/mol. The lowest BCUT2D eigenvalue weighted by Crippen LogP contribution is -2.21. The second-order valence-electron chi connectivity index (χ2n) is 13.4. The number of hydrogen-bond donors (Lipinski definition) is 0. The van der Waals surface area contributed by atoms with Gasteiger partial charge in [-0.25, -0.2) is 15.0 Å². The molecule has 0 amide bonds. The van der Waals surface area contributed by atoms with Crippen LogP contribution in [0.15, 0.2) is 201 Å². The first-order chi connectivity index (χ1) is 28.2. The standard InChI is InChI=1S/C48H33N9/c1-4-16-37(17-5-1)55-43-28-34(40-22-10-13-25-49-40)30-45(52-43)56(38-18-6-2-7-19-38)47-32-36(42-24-12-15-27-51-42)33-48(54-47)57(39-20-8-3-9-21-39)46-31-35(29-44(55)53-46)41-23-11-14-26-50-41/h1-33H. The predicted octanol–water partition coefficient (Wildman–Crippen LogP) is 11.8. The van der Waals surface area contributed by atoms with Crippen molar-refractivity contribution in [3.8, 4) is 33.8 Å². The van der Waals surface area contributed by atoms with Gasteiger partial charge in [0, 0.05) is 52.3 Å². The van der Waals surface area contributed by atoms with Gasteiger partial charge in [-0.15, -0.1) is 0 Å². The first-order valence-electron chi connectivity index (χ1n) is 18.6. The van der Waals surface area contributed by atoms with Crippen molar-refractivity contribution in [3.63, 3.8) is 0 Å². The Morgan fingerprint density at radius 1 is 0.263 bits per heavy atom. The van der Waals surface area contributed by atoms with Crippen LogP contribution in [0.3, 0.4) is 0 Å². The van der Waals surface area contributed by atoms with Crippen LogP contribution in [0.25, 0.3) is 33.8 Å². The summed E-state index contributed by atoms with van der Waals surface area (Å²) in [5.41, 5.74) is 7.69. The molecular formula is C48H33N9. The summed E-state index contributed by atoms with van der Waals surface area (Å²) in [6, 6.07) is 60.8. The molecule has 270 valence electrons. The SMILES string of the molecule is c1ccc(N2c3cc(-c4ccccn4)cc(n3)N(c3ccccc3)c3cc(-c4ccccn4)cc(n3)N(c3ccccc3)c3cc(-c4ccccn4)cc2n3)cc1. The van der Waals surface area contributed by atoms with Crippen LogP contribution >= 0.6 is 0 Å². The molecular weight excluding hydrogens is 703 g/mol. The second kappa shape index (κ2) is 14.7. The van der Waals surface area contributed by atoms with Crippen molar-refractivity contribution in [1.82, 2.24) is 29.9 Å². The number of aromatic nitrogens is 6. The van der Waals surface area contributed by atoms with Gasteiger partial charge in [0.1, 0.15) is 34.9 Å². The molecule has 9 heteroatoms. The molecule has 0 radical (unpaired) electrons. The van der Waals surface area contributed by atoms with E-state index < -0.39 is 0 Å². The molecule has 1 aliphatic rings. The van der Waals surface area contributed by atoms with Crippen LogP contribution in [0.1, 0.15) is 0 Å². The lowest BCUT2D eigenvalue weighted by atomic mass is 10.1. The Bertz CT molecular complexity index is 2410. The van der Waals surface area contributed by atoms with Gasteiger partial charge in [-0.2, -0.15) is 0 Å². The van der Waals surface area contributed by atoms with Crippen LogP contribution in [0.2, 0.25) is 0 Å². The van der Waals surface area contributed by atoms with Gasteiger partial charge in [-0.1, -0.05) is 72.8 Å². The second-order valence-corrected chi connectivity index (χ2v) is 13.4. The molecule has 0 saturated heterocycles. The number of hydrogen-bond acceptors (Lipinski definition) is 9. The first-order valence-corrected chi connectivity index (χ1v) is 18.6. The molecule has 6 aromatic heterocycles. The lowest BCUT2D eigenvalue weighted by molar-refractivity contribution is 1.05. The number of rotatable bonds is 6. The van der Waals surface area contributed by atoms with Crippen molar-refractivity contribution in [1.29, 1.82) is 0 Å². The van der Waals surface area contributed by atoms with Crippen molar-refractivity contribution in [2.75, 3.05) is 14.7 Å². The van der Waals surface area contributed by atoms with Crippen molar-refractivity contribution in [2.45, 2.75) is 0 Å². The normalized spacial score (nSPS) is 12.1. The monoisotopic (exact) mass is 735 g/mol. The Morgan fingerprint density at radius 2 is 0.509 bits per heavy atom. The minimum absolute atomic E-state index is 0.643. The maximum absolute atomic E-state index is 5.50. The van der Waals surface area contributed by atoms with Gasteiger partial charge in [0.2, 0.25) is 0 Å². The van der Waals surface area contributed by atoms with E-state index in [0.29, 0.717) is 34.9 Å². The van der Waals surface area contributed by atoms with Gasteiger partial charge in [0.15, 0.2) is 0 Å². The molecule has 0 saturated carbocycles. The zero-order chi connectivity index (χ0) is 38.0. The minimum Gasteiger partial charge on any atom is -0.279 e. The maximum Gasteiger partial charge on any atom is 0.141 e. The van der Waals surface area contributed by atoms with Crippen molar-refractivity contribution < 1.29 is 0 Å². The van der Waals surface area contributed by atoms with Crippen LogP contribution < -0.4 is 14.7 Å². The van der Waals surface area contributed by atoms with Crippen LogP contribution in [0, 0.1) is 0 Å². The molecule has 0 unspecified atom stereocenters. The van der Waals surface area contributed by atoms with Gasteiger partial charge >= 0.3 is 0 Å². The number of benzene rings is 3. The fraction of sp³-hybridized carbons (Fsp3) is 0. The fourth-order valence-electron chi connectivity index (χ4n) is 7.11. The summed E-state index contributed by atoms with van der Waals surface area (Å²) in [6.45, 7) is 0. The zero-order valence-corrected chi connectivity index (χ0v) is 30.6. The maximum atomic E-state index is 5.50. The van der Waals surface area contributed by atoms with Crippen LogP contribution in [-0.2, 0) is 0 Å². The largest absolute Gasteiger partial charge is 0.279 e. The third-order valence-corrected chi connectivity index (χ3v) is 9.69. The van der Waals surface area contributed by atoms with Crippen LogP contribution in [0.4, 0.5) is 52.0 Å². The average molecular weight is 736 g/mol. The van der Waals surface area contributed by atoms with Crippen LogP contribution in [0.5, 0.6) is 0 Å². The molecule has 10 rings (SSSR count). The topological polar surface area (TPSA) is 87.1 Å². The lowest BCUT2D eigenvalue weighted by Gasteiger charge is -2.32. The van der Waals surface area contributed by atoms with Crippen molar-refractivity contribution in [3.05, 3.63) is 201 Å². The average Bonchev–Trinajstić information content (AvgIpc) is 3.28. The quantitative estimate of drug-likeness (QED) is 0.166. The van der Waals surface area contributed by atoms with E-state index in [4.69, 9.17) is 29.9 Å². The third kappa shape index (κ3) is 6.59. The first kappa shape index (κ1) is 33.5. The molecule has 0 aliphatic carbocycles. The van der Waals surface area contributed by atoms with Gasteiger partial charge in [0.25, 0.3) is 0 Å². The number of para-hydroxylation sites is 3. The highest BCUT2D eigenvalue weighted by molar-refractivity contribution is 5.87. The highest BCUT2D eigenvalue weighted by atomic mass is 15.3. The highest BCUT2D eigenvalue weighted by Crippen LogP contribution is 2.45. The number of anilines is 9. The van der Waals surface area contributed by atoms with E-state index in [2.05, 4.69) is 87.5 Å². The van der Waals surface area contributed by atoms with Crippen molar-refractivity contribution in [2.24, 2.45) is 0 Å². The molecule has 3 aromatic carbocycles. The molecule has 0 fully saturated rings. The molecule has 0 atom stereocenters. The van der Waals surface area contributed by atoms with Gasteiger partial charge in [-0.05, 0) is 109 Å². The van der Waals surface area contributed by atoms with Crippen molar-refractivity contribution >= 4 is 52.0 Å². The van der Waals surface area contributed by atoms with E-state index in [0.717, 1.165) is 50.8 Å². The van der Waals surface area contributed by atoms with E-state index >= 15 is 0 Å². The highest BCUT2D eigenvalue weighted by Gasteiger charge is 2.28. The van der Waals surface area contributed by atoms with Crippen LogP contribution in [-0.4, -0.2) is 29.9 Å². The zero-order valence-electron chi connectivity index (χ0n) is 30.6. The van der Waals surface area contributed by atoms with Gasteiger partial charge in [0.05, 0.1) is 17.1 Å². The Labute approximate surface area is 329 Å². The Balaban J connectivity index is 1.37. The van der Waals surface area contributed by atoms with Gasteiger partial charge in [-0.3, -0.25) is 29.7 Å². The number of pyridine rings is 6. The summed E-state index contributed by atoms with van der Waals surface area (Å²) in [4.78, 5) is 37.2. The third-order valence-electron chi connectivity index (χ3n) is 9.69. The fourth-order valence-corrected chi connectivity index (χ4v) is 7.11. The molecule has 9 aromatic rings. The van der Waals surface area contributed by atoms with E-state index in [1.165, 1.54) is 0 Å². The molecule has 57 heavy (non-hydrogen) atoms.